The first kappa shape index (κ1) is 23.8. The van der Waals surface area contributed by atoms with Gasteiger partial charge in [0.2, 0.25) is 0 Å². The second kappa shape index (κ2) is 11.1. The largest absolute Gasteiger partial charge is 0.493 e. The van der Waals surface area contributed by atoms with E-state index in [0.717, 1.165) is 23.3 Å². The molecule has 2 rings (SSSR count). The van der Waals surface area contributed by atoms with Gasteiger partial charge in [0, 0.05) is 51.9 Å². The molecular formula is C22H36N4O4. The van der Waals surface area contributed by atoms with Gasteiger partial charge in [-0.25, -0.2) is 9.79 Å². The molecule has 8 heteroatoms. The number of ether oxygens (including phenoxy) is 3. The van der Waals surface area contributed by atoms with Crippen LogP contribution in [0.2, 0.25) is 0 Å². The molecule has 1 amide bonds. The molecule has 0 bridgehead atoms. The number of hydrogen-bond donors (Lipinski definition) is 1. The molecule has 0 radical (unpaired) electrons. The van der Waals surface area contributed by atoms with Crippen LogP contribution in [0.15, 0.2) is 23.2 Å². The molecule has 0 saturated carbocycles. The maximum atomic E-state index is 12.2. The fraction of sp³-hybridized carbons (Fsp3) is 0.636. The van der Waals surface area contributed by atoms with E-state index >= 15 is 0 Å². The molecule has 0 aliphatic carbocycles. The predicted molar refractivity (Wildman–Crippen MR) is 118 cm³/mol. The van der Waals surface area contributed by atoms with Crippen molar-refractivity contribution in [3.8, 4) is 5.75 Å². The molecule has 1 aromatic carbocycles. The summed E-state index contributed by atoms with van der Waals surface area (Å²) in [6, 6.07) is 6.09. The SMILES string of the molecule is COCCCOc1cc(C)ccc1CN=C(N)N1CCN(C(=O)OC(C)(C)C)CC1. The number of aryl methyl sites for hydroxylation is 1. The smallest absolute Gasteiger partial charge is 0.410 e. The number of rotatable bonds is 7. The number of carbonyl (C=O) groups is 1. The van der Waals surface area contributed by atoms with Crippen molar-refractivity contribution in [2.45, 2.75) is 46.3 Å². The van der Waals surface area contributed by atoms with Crippen LogP contribution in [0.4, 0.5) is 4.79 Å². The van der Waals surface area contributed by atoms with E-state index in [1.165, 1.54) is 0 Å². The number of benzene rings is 1. The molecule has 0 aromatic heterocycles. The average Bonchev–Trinajstić information content (AvgIpc) is 2.69. The van der Waals surface area contributed by atoms with E-state index in [-0.39, 0.29) is 6.09 Å². The molecule has 30 heavy (non-hydrogen) atoms. The van der Waals surface area contributed by atoms with Crippen LogP contribution in [-0.2, 0) is 16.0 Å². The molecule has 1 aromatic rings. The first-order valence-electron chi connectivity index (χ1n) is 10.4. The number of nitrogens with zero attached hydrogens (tertiary/aromatic N) is 3. The fourth-order valence-electron chi connectivity index (χ4n) is 3.02. The van der Waals surface area contributed by atoms with Crippen molar-refractivity contribution in [3.63, 3.8) is 0 Å². The van der Waals surface area contributed by atoms with Gasteiger partial charge in [-0.15, -0.1) is 0 Å². The summed E-state index contributed by atoms with van der Waals surface area (Å²) in [7, 11) is 1.68. The monoisotopic (exact) mass is 420 g/mol. The predicted octanol–water partition coefficient (Wildman–Crippen LogP) is 2.78. The lowest BCUT2D eigenvalue weighted by molar-refractivity contribution is 0.0186. The van der Waals surface area contributed by atoms with E-state index in [9.17, 15) is 4.79 Å². The number of hydrogen-bond acceptors (Lipinski definition) is 5. The first-order chi connectivity index (χ1) is 14.2. The number of nitrogens with two attached hydrogens (primary N) is 1. The Kier molecular flexibility index (Phi) is 8.77. The average molecular weight is 421 g/mol. The number of guanidine groups is 1. The summed E-state index contributed by atoms with van der Waals surface area (Å²) in [6.07, 6.45) is 0.546. The number of carbonyl (C=O) groups excluding carboxylic acids is 1. The van der Waals surface area contributed by atoms with Gasteiger partial charge < -0.3 is 29.7 Å². The lowest BCUT2D eigenvalue weighted by Gasteiger charge is -2.36. The minimum absolute atomic E-state index is 0.285. The molecule has 1 aliphatic rings. The summed E-state index contributed by atoms with van der Waals surface area (Å²) in [5.41, 5.74) is 7.86. The van der Waals surface area contributed by atoms with E-state index in [4.69, 9.17) is 19.9 Å². The van der Waals surface area contributed by atoms with Crippen LogP contribution >= 0.6 is 0 Å². The summed E-state index contributed by atoms with van der Waals surface area (Å²) in [5, 5.41) is 0. The fourth-order valence-corrected chi connectivity index (χ4v) is 3.02. The van der Waals surface area contributed by atoms with Gasteiger partial charge in [-0.1, -0.05) is 12.1 Å². The lowest BCUT2D eigenvalue weighted by atomic mass is 10.1. The minimum atomic E-state index is -0.494. The molecule has 2 N–H and O–H groups in total. The van der Waals surface area contributed by atoms with Gasteiger partial charge in [0.25, 0.3) is 0 Å². The Bertz CT molecular complexity index is 722. The zero-order chi connectivity index (χ0) is 22.1. The van der Waals surface area contributed by atoms with E-state index in [1.807, 2.05) is 50.8 Å². The molecule has 0 unspecified atom stereocenters. The topological polar surface area (TPSA) is 89.6 Å². The zero-order valence-electron chi connectivity index (χ0n) is 18.9. The highest BCUT2D eigenvalue weighted by Gasteiger charge is 2.26. The Balaban J connectivity index is 1.90. The Morgan fingerprint density at radius 2 is 1.80 bits per heavy atom. The van der Waals surface area contributed by atoms with Gasteiger partial charge in [0.05, 0.1) is 13.2 Å². The first-order valence-corrected chi connectivity index (χ1v) is 10.4. The Hall–Kier alpha value is -2.48. The molecule has 8 nitrogen and oxygen atoms in total. The second-order valence-corrected chi connectivity index (χ2v) is 8.43. The molecule has 0 spiro atoms. The van der Waals surface area contributed by atoms with Gasteiger partial charge in [0.15, 0.2) is 5.96 Å². The van der Waals surface area contributed by atoms with Crippen LogP contribution in [0.1, 0.15) is 38.3 Å². The van der Waals surface area contributed by atoms with Crippen molar-refractivity contribution in [2.75, 3.05) is 46.5 Å². The number of methoxy groups -OCH3 is 1. The van der Waals surface area contributed by atoms with Crippen LogP contribution in [0.3, 0.4) is 0 Å². The molecule has 1 aliphatic heterocycles. The molecule has 1 heterocycles. The molecule has 1 saturated heterocycles. The van der Waals surface area contributed by atoms with Crippen molar-refractivity contribution < 1.29 is 19.0 Å². The van der Waals surface area contributed by atoms with Gasteiger partial charge in [-0.3, -0.25) is 0 Å². The Morgan fingerprint density at radius 1 is 1.13 bits per heavy atom. The second-order valence-electron chi connectivity index (χ2n) is 8.43. The summed E-state index contributed by atoms with van der Waals surface area (Å²) >= 11 is 0. The minimum Gasteiger partial charge on any atom is -0.493 e. The van der Waals surface area contributed by atoms with E-state index < -0.39 is 5.60 Å². The molecule has 1 fully saturated rings. The lowest BCUT2D eigenvalue weighted by Crippen LogP contribution is -2.53. The number of piperazine rings is 1. The highest BCUT2D eigenvalue weighted by molar-refractivity contribution is 5.78. The van der Waals surface area contributed by atoms with Crippen molar-refractivity contribution in [3.05, 3.63) is 29.3 Å². The van der Waals surface area contributed by atoms with Gasteiger partial charge in [0.1, 0.15) is 11.4 Å². The van der Waals surface area contributed by atoms with Crippen molar-refractivity contribution in [1.82, 2.24) is 9.80 Å². The number of amides is 1. The summed E-state index contributed by atoms with van der Waals surface area (Å²) in [5.74, 6) is 1.31. The van der Waals surface area contributed by atoms with Gasteiger partial charge >= 0.3 is 6.09 Å². The van der Waals surface area contributed by atoms with E-state index in [0.29, 0.717) is 51.9 Å². The maximum Gasteiger partial charge on any atom is 0.410 e. The van der Waals surface area contributed by atoms with Crippen LogP contribution in [0.5, 0.6) is 5.75 Å². The van der Waals surface area contributed by atoms with E-state index in [2.05, 4.69) is 4.99 Å². The van der Waals surface area contributed by atoms with Crippen LogP contribution < -0.4 is 10.5 Å². The summed E-state index contributed by atoms with van der Waals surface area (Å²) in [6.45, 7) is 11.7. The summed E-state index contributed by atoms with van der Waals surface area (Å²) < 4.78 is 16.4. The quantitative estimate of drug-likeness (QED) is 0.414. The van der Waals surface area contributed by atoms with E-state index in [1.54, 1.807) is 12.0 Å². The third kappa shape index (κ3) is 7.74. The van der Waals surface area contributed by atoms with Crippen molar-refractivity contribution in [2.24, 2.45) is 10.7 Å². The van der Waals surface area contributed by atoms with Gasteiger partial charge in [-0.05, 0) is 39.3 Å². The normalized spacial score (nSPS) is 15.3. The van der Waals surface area contributed by atoms with Crippen LogP contribution in [-0.4, -0.2) is 74.0 Å². The van der Waals surface area contributed by atoms with Crippen LogP contribution in [0, 0.1) is 6.92 Å². The molecular weight excluding hydrogens is 384 g/mol. The maximum absolute atomic E-state index is 12.2. The highest BCUT2D eigenvalue weighted by Crippen LogP contribution is 2.22. The number of aliphatic imine (C=N–C) groups is 1. The third-order valence-electron chi connectivity index (χ3n) is 4.64. The third-order valence-corrected chi connectivity index (χ3v) is 4.64. The Morgan fingerprint density at radius 3 is 2.43 bits per heavy atom. The van der Waals surface area contributed by atoms with Crippen LogP contribution in [0.25, 0.3) is 0 Å². The van der Waals surface area contributed by atoms with Crippen molar-refractivity contribution in [1.29, 1.82) is 0 Å². The molecule has 168 valence electrons. The highest BCUT2D eigenvalue weighted by atomic mass is 16.6. The molecule has 0 atom stereocenters. The zero-order valence-corrected chi connectivity index (χ0v) is 18.9. The Labute approximate surface area is 180 Å². The standard InChI is InChI=1S/C22H36N4O4/c1-17-7-8-18(19(15-17)29-14-6-13-28-5)16-24-20(23)25-9-11-26(12-10-25)21(27)30-22(2,3)4/h7-8,15H,6,9-14,16H2,1-5H3,(H2,23,24). The summed E-state index contributed by atoms with van der Waals surface area (Å²) in [4.78, 5) is 20.5. The van der Waals surface area contributed by atoms with Gasteiger partial charge in [-0.2, -0.15) is 0 Å². The van der Waals surface area contributed by atoms with Crippen molar-refractivity contribution >= 4 is 12.1 Å².